The average molecular weight is 336 g/mol. The van der Waals surface area contributed by atoms with Gasteiger partial charge in [0.1, 0.15) is 0 Å². The number of halogens is 1. The minimum Gasteiger partial charge on any atom is -0.358 e. The third kappa shape index (κ3) is 16.1. The van der Waals surface area contributed by atoms with Gasteiger partial charge < -0.3 is 12.7 Å². The topological polar surface area (TPSA) is 29.1 Å². The van der Waals surface area contributed by atoms with E-state index in [1.54, 1.807) is 12.1 Å². The Hall–Kier alpha value is -0.358. The molecule has 0 spiro atoms. The minimum atomic E-state index is -0.0672. The van der Waals surface area contributed by atoms with Gasteiger partial charge in [0.2, 0.25) is 5.91 Å². The van der Waals surface area contributed by atoms with Crippen LogP contribution in [0.1, 0.15) is 20.8 Å². The first kappa shape index (κ1) is 24.7. The number of para-hydroxylation sites is 1. The van der Waals surface area contributed by atoms with Gasteiger partial charge in [-0.3, -0.25) is 4.79 Å². The van der Waals surface area contributed by atoms with E-state index in [1.165, 1.54) is 13.3 Å². The standard InChI is InChI=1S/C8H8NO.C2H6.CH3Cl.CH3.Pd/c1-7(10)9-8-5-3-2-4-6-8;2*1-2;;/h2-5H,1H3,(H,9,10);1-2H3;1H3;1H3;/q-1;;;-1;+2. The van der Waals surface area contributed by atoms with E-state index in [9.17, 15) is 4.79 Å². The number of carbonyl (C=O) groups is 1. The van der Waals surface area contributed by atoms with E-state index < -0.39 is 0 Å². The summed E-state index contributed by atoms with van der Waals surface area (Å²) in [6.07, 6.45) is 1.47. The zero-order valence-electron chi connectivity index (χ0n) is 10.4. The number of benzene rings is 1. The number of carbonyl (C=O) groups excluding carboxylic acids is 1. The van der Waals surface area contributed by atoms with Gasteiger partial charge in [0.05, 0.1) is 0 Å². The third-order valence-electron chi connectivity index (χ3n) is 1.02. The summed E-state index contributed by atoms with van der Waals surface area (Å²) in [5.74, 6) is -0.0672. The minimum absolute atomic E-state index is 0. The first-order valence-corrected chi connectivity index (χ1v) is 5.17. The molecule has 1 rings (SSSR count). The number of hydrogen-bond acceptors (Lipinski definition) is 1. The van der Waals surface area contributed by atoms with Crippen molar-refractivity contribution < 1.29 is 25.2 Å². The molecule has 0 aromatic heterocycles. The van der Waals surface area contributed by atoms with Crippen LogP contribution in [0, 0.1) is 13.5 Å². The van der Waals surface area contributed by atoms with Crippen LogP contribution in [0.2, 0.25) is 0 Å². The predicted octanol–water partition coefficient (Wildman–Crippen LogP) is 3.77. The van der Waals surface area contributed by atoms with E-state index in [-0.39, 0.29) is 33.8 Å². The van der Waals surface area contributed by atoms with Crippen LogP contribution >= 0.6 is 11.6 Å². The fourth-order valence-corrected chi connectivity index (χ4v) is 0.661. The van der Waals surface area contributed by atoms with Crippen LogP contribution in [0.4, 0.5) is 5.69 Å². The van der Waals surface area contributed by atoms with Crippen LogP contribution in [0.5, 0.6) is 0 Å². The smallest absolute Gasteiger partial charge is 0.358 e. The fraction of sp³-hybridized carbons (Fsp3) is 0.333. The van der Waals surface area contributed by atoms with Crippen molar-refractivity contribution in [1.29, 1.82) is 0 Å². The number of anilines is 1. The summed E-state index contributed by atoms with van der Waals surface area (Å²) >= 11 is 4.64. The molecular weight excluding hydrogens is 316 g/mol. The zero-order chi connectivity index (χ0) is 11.4. The number of amides is 1. The zero-order valence-corrected chi connectivity index (χ0v) is 12.7. The monoisotopic (exact) mass is 335 g/mol. The molecule has 0 radical (unpaired) electrons. The summed E-state index contributed by atoms with van der Waals surface area (Å²) in [7, 11) is 0. The maximum atomic E-state index is 10.5. The van der Waals surface area contributed by atoms with Gasteiger partial charge in [-0.25, -0.2) is 0 Å². The molecule has 0 aliphatic rings. The van der Waals surface area contributed by atoms with Crippen molar-refractivity contribution in [2.45, 2.75) is 20.8 Å². The summed E-state index contributed by atoms with van der Waals surface area (Å²) in [4.78, 5) is 10.5. The van der Waals surface area contributed by atoms with Crippen LogP contribution < -0.4 is 5.32 Å². The van der Waals surface area contributed by atoms with Crippen molar-refractivity contribution in [2.24, 2.45) is 0 Å². The van der Waals surface area contributed by atoms with Gasteiger partial charge in [-0.1, -0.05) is 19.5 Å². The van der Waals surface area contributed by atoms with E-state index in [2.05, 4.69) is 23.0 Å². The quantitative estimate of drug-likeness (QED) is 0.472. The molecule has 0 saturated carbocycles. The Labute approximate surface area is 118 Å². The average Bonchev–Trinajstić information content (AvgIpc) is 2.24. The molecule has 0 bridgehead atoms. The molecule has 0 unspecified atom stereocenters. The number of hydrogen-bond donors (Lipinski definition) is 1. The van der Waals surface area contributed by atoms with E-state index >= 15 is 0 Å². The van der Waals surface area contributed by atoms with Gasteiger partial charge in [0.25, 0.3) is 0 Å². The first-order chi connectivity index (χ1) is 6.79. The molecule has 0 fully saturated rings. The van der Waals surface area contributed by atoms with E-state index in [0.29, 0.717) is 0 Å². The third-order valence-corrected chi connectivity index (χ3v) is 1.02. The number of alkyl halides is 1. The first-order valence-electron chi connectivity index (χ1n) is 4.41. The van der Waals surface area contributed by atoms with Gasteiger partial charge in [-0.05, 0) is 0 Å². The summed E-state index contributed by atoms with van der Waals surface area (Å²) in [6.45, 7) is 5.47. The van der Waals surface area contributed by atoms with Gasteiger partial charge in [-0.15, -0.1) is 17.7 Å². The Morgan fingerprint density at radius 2 is 1.81 bits per heavy atom. The molecule has 0 aliphatic carbocycles. The van der Waals surface area contributed by atoms with Crippen molar-refractivity contribution in [3.05, 3.63) is 37.8 Å². The largest absolute Gasteiger partial charge is 2.00 e. The van der Waals surface area contributed by atoms with Crippen molar-refractivity contribution in [3.8, 4) is 0 Å². The molecule has 1 aromatic rings. The van der Waals surface area contributed by atoms with E-state index in [4.69, 9.17) is 0 Å². The molecular formula is C12H20ClNOPd. The van der Waals surface area contributed by atoms with Gasteiger partial charge in [0, 0.05) is 13.3 Å². The molecule has 1 aromatic carbocycles. The Morgan fingerprint density at radius 3 is 2.12 bits per heavy atom. The van der Waals surface area contributed by atoms with Crippen molar-refractivity contribution in [2.75, 3.05) is 11.7 Å². The Balaban J connectivity index is -0.000000109. The van der Waals surface area contributed by atoms with Crippen LogP contribution in [-0.2, 0) is 25.2 Å². The summed E-state index contributed by atoms with van der Waals surface area (Å²) in [5, 5.41) is 2.61. The second-order valence-corrected chi connectivity index (χ2v) is 1.96. The molecule has 96 valence electrons. The summed E-state index contributed by atoms with van der Waals surface area (Å²) < 4.78 is 0. The van der Waals surface area contributed by atoms with Crippen LogP contribution in [-0.4, -0.2) is 12.3 Å². The predicted molar refractivity (Wildman–Crippen MR) is 69.1 cm³/mol. The Kier molecular flexibility index (Phi) is 31.1. The maximum absolute atomic E-state index is 10.5. The molecule has 2 nitrogen and oxygen atoms in total. The van der Waals surface area contributed by atoms with Gasteiger partial charge >= 0.3 is 20.4 Å². The molecule has 1 N–H and O–H groups in total. The van der Waals surface area contributed by atoms with Crippen molar-refractivity contribution in [3.63, 3.8) is 0 Å². The van der Waals surface area contributed by atoms with Crippen LogP contribution in [0.25, 0.3) is 0 Å². The van der Waals surface area contributed by atoms with Gasteiger partial charge in [-0.2, -0.15) is 24.3 Å². The molecule has 0 aliphatic heterocycles. The molecule has 0 atom stereocenters. The van der Waals surface area contributed by atoms with Crippen LogP contribution in [0.15, 0.2) is 24.3 Å². The fourth-order valence-electron chi connectivity index (χ4n) is 0.661. The van der Waals surface area contributed by atoms with Gasteiger partial charge in [0.15, 0.2) is 0 Å². The second kappa shape index (κ2) is 20.1. The van der Waals surface area contributed by atoms with Crippen molar-refractivity contribution in [1.82, 2.24) is 0 Å². The van der Waals surface area contributed by atoms with E-state index in [1.807, 2.05) is 26.0 Å². The van der Waals surface area contributed by atoms with E-state index in [0.717, 1.165) is 5.69 Å². The van der Waals surface area contributed by atoms with Crippen LogP contribution in [0.3, 0.4) is 0 Å². The number of nitrogens with one attached hydrogen (secondary N) is 1. The van der Waals surface area contributed by atoms with Crippen molar-refractivity contribution >= 4 is 23.2 Å². The molecule has 0 heterocycles. The Morgan fingerprint density at radius 1 is 1.31 bits per heavy atom. The molecule has 1 amide bonds. The molecule has 0 saturated heterocycles. The maximum Gasteiger partial charge on any atom is 2.00 e. The Bertz CT molecular complexity index is 230. The molecule has 16 heavy (non-hydrogen) atoms. The SMILES string of the molecule is CC.CC(=O)Nc1[c-]cccc1.CCl.[CH3-].[Pd+2]. The normalized spacial score (nSPS) is 6.31. The number of rotatable bonds is 1. The summed E-state index contributed by atoms with van der Waals surface area (Å²) in [6, 6.07) is 10.1. The molecule has 4 heteroatoms. The second-order valence-electron chi connectivity index (χ2n) is 1.96. The summed E-state index contributed by atoms with van der Waals surface area (Å²) in [5.41, 5.74) is 0.718.